The van der Waals surface area contributed by atoms with E-state index in [9.17, 15) is 4.79 Å². The van der Waals surface area contributed by atoms with Gasteiger partial charge in [0.25, 0.3) is 0 Å². The van der Waals surface area contributed by atoms with Crippen molar-refractivity contribution < 1.29 is 9.53 Å². The van der Waals surface area contributed by atoms with E-state index >= 15 is 0 Å². The Morgan fingerprint density at radius 1 is 1.60 bits per heavy atom. The first-order valence-corrected chi connectivity index (χ1v) is 6.11. The van der Waals surface area contributed by atoms with Gasteiger partial charge >= 0.3 is 0 Å². The molecule has 1 N–H and O–H groups in total. The highest BCUT2D eigenvalue weighted by Crippen LogP contribution is 2.49. The third-order valence-corrected chi connectivity index (χ3v) is 3.60. The van der Waals surface area contributed by atoms with Crippen LogP contribution in [0, 0.1) is 11.3 Å². The van der Waals surface area contributed by atoms with Crippen LogP contribution in [0.3, 0.4) is 0 Å². The van der Waals surface area contributed by atoms with Crippen molar-refractivity contribution in [3.05, 3.63) is 0 Å². The van der Waals surface area contributed by atoms with Crippen molar-refractivity contribution >= 4 is 18.5 Å². The van der Waals surface area contributed by atoms with Gasteiger partial charge in [-0.15, -0.1) is 0 Å². The number of rotatable bonds is 7. The topological polar surface area (TPSA) is 38.3 Å². The molecule has 1 amide bonds. The maximum atomic E-state index is 11.6. The number of hydrogen-bond donors (Lipinski definition) is 2. The highest BCUT2D eigenvalue weighted by Gasteiger charge is 2.42. The van der Waals surface area contributed by atoms with Crippen LogP contribution in [-0.4, -0.2) is 31.9 Å². The molecule has 1 atom stereocenters. The third-order valence-electron chi connectivity index (χ3n) is 2.93. The summed E-state index contributed by atoms with van der Waals surface area (Å²) < 4.78 is 5.01. The Labute approximate surface area is 97.4 Å². The largest absolute Gasteiger partial charge is 0.384 e. The average Bonchev–Trinajstić information content (AvgIpc) is 2.96. The van der Waals surface area contributed by atoms with Gasteiger partial charge in [-0.1, -0.05) is 6.92 Å². The molecular weight excluding hydrogens is 210 g/mol. The van der Waals surface area contributed by atoms with Crippen molar-refractivity contribution in [3.63, 3.8) is 0 Å². The fourth-order valence-electron chi connectivity index (χ4n) is 1.60. The van der Waals surface area contributed by atoms with Crippen molar-refractivity contribution in [2.75, 3.05) is 26.0 Å². The van der Waals surface area contributed by atoms with Crippen LogP contribution >= 0.6 is 12.6 Å². The molecular formula is C11H21NO2S. The summed E-state index contributed by atoms with van der Waals surface area (Å²) in [5.41, 5.74) is 0.220. The lowest BCUT2D eigenvalue weighted by Gasteiger charge is -2.14. The lowest BCUT2D eigenvalue weighted by atomic mass is 10.0. The lowest BCUT2D eigenvalue weighted by molar-refractivity contribution is -0.122. The molecule has 0 heterocycles. The molecule has 0 radical (unpaired) electrons. The fraction of sp³-hybridized carbons (Fsp3) is 0.909. The van der Waals surface area contributed by atoms with E-state index in [0.717, 1.165) is 18.6 Å². The van der Waals surface area contributed by atoms with Gasteiger partial charge in [0, 0.05) is 20.1 Å². The summed E-state index contributed by atoms with van der Waals surface area (Å²) in [6.07, 6.45) is 2.94. The van der Waals surface area contributed by atoms with Crippen LogP contribution < -0.4 is 5.32 Å². The Morgan fingerprint density at radius 3 is 2.73 bits per heavy atom. The number of methoxy groups -OCH3 is 1. The minimum atomic E-state index is 0.157. The molecule has 1 rings (SSSR count). The second kappa shape index (κ2) is 5.75. The summed E-state index contributed by atoms with van der Waals surface area (Å²) in [6, 6.07) is 0. The van der Waals surface area contributed by atoms with Crippen molar-refractivity contribution in [2.24, 2.45) is 11.3 Å². The van der Waals surface area contributed by atoms with Gasteiger partial charge in [-0.25, -0.2) is 0 Å². The summed E-state index contributed by atoms with van der Waals surface area (Å²) in [6.45, 7) is 3.46. The number of carbonyl (C=O) groups is 1. The van der Waals surface area contributed by atoms with E-state index in [0.29, 0.717) is 25.5 Å². The van der Waals surface area contributed by atoms with E-state index in [1.165, 1.54) is 0 Å². The van der Waals surface area contributed by atoms with Crippen LogP contribution in [0.2, 0.25) is 0 Å². The predicted molar refractivity (Wildman–Crippen MR) is 64.2 cm³/mol. The molecule has 0 spiro atoms. The SMILES string of the molecule is COCC(C)CNC(=O)CC1(CS)CC1. The predicted octanol–water partition coefficient (Wildman–Crippen LogP) is 1.49. The standard InChI is InChI=1S/C11H21NO2S/c1-9(7-14-2)6-12-10(13)5-11(8-15)3-4-11/h9,15H,3-8H2,1-2H3,(H,12,13). The Morgan fingerprint density at radius 2 is 2.27 bits per heavy atom. The number of nitrogens with one attached hydrogen (secondary N) is 1. The molecule has 0 aromatic heterocycles. The minimum absolute atomic E-state index is 0.157. The highest BCUT2D eigenvalue weighted by atomic mass is 32.1. The maximum absolute atomic E-state index is 11.6. The van der Waals surface area contributed by atoms with Crippen LogP contribution in [-0.2, 0) is 9.53 Å². The van der Waals surface area contributed by atoms with Crippen LogP contribution in [0.25, 0.3) is 0 Å². The molecule has 88 valence electrons. The zero-order chi connectivity index (χ0) is 11.3. The molecule has 1 fully saturated rings. The zero-order valence-corrected chi connectivity index (χ0v) is 10.5. The monoisotopic (exact) mass is 231 g/mol. The number of hydrogen-bond acceptors (Lipinski definition) is 3. The van der Waals surface area contributed by atoms with Crippen LogP contribution in [0.1, 0.15) is 26.2 Å². The molecule has 3 nitrogen and oxygen atoms in total. The highest BCUT2D eigenvalue weighted by molar-refractivity contribution is 7.80. The van der Waals surface area contributed by atoms with E-state index in [-0.39, 0.29) is 11.3 Å². The van der Waals surface area contributed by atoms with Crippen LogP contribution in [0.5, 0.6) is 0 Å². The molecule has 1 saturated carbocycles. The van der Waals surface area contributed by atoms with E-state index in [2.05, 4.69) is 24.9 Å². The first-order chi connectivity index (χ1) is 7.12. The lowest BCUT2D eigenvalue weighted by Crippen LogP contribution is -2.31. The Balaban J connectivity index is 2.13. The second-order valence-electron chi connectivity index (χ2n) is 4.70. The van der Waals surface area contributed by atoms with Gasteiger partial charge in [0.1, 0.15) is 0 Å². The summed E-state index contributed by atoms with van der Waals surface area (Å²) in [5, 5.41) is 2.94. The number of amides is 1. The molecule has 1 aliphatic carbocycles. The summed E-state index contributed by atoms with van der Waals surface area (Å²) >= 11 is 4.28. The molecule has 15 heavy (non-hydrogen) atoms. The quantitative estimate of drug-likeness (QED) is 0.651. The third kappa shape index (κ3) is 4.43. The summed E-state index contributed by atoms with van der Waals surface area (Å²) in [7, 11) is 1.68. The number of carbonyl (C=O) groups excluding carboxylic acids is 1. The van der Waals surface area contributed by atoms with Gasteiger partial charge in [-0.2, -0.15) is 12.6 Å². The zero-order valence-electron chi connectivity index (χ0n) is 9.58. The molecule has 0 saturated heterocycles. The van der Waals surface area contributed by atoms with Crippen LogP contribution in [0.15, 0.2) is 0 Å². The van der Waals surface area contributed by atoms with Crippen molar-refractivity contribution in [2.45, 2.75) is 26.2 Å². The second-order valence-corrected chi connectivity index (χ2v) is 5.02. The molecule has 0 bridgehead atoms. The molecule has 1 aliphatic rings. The first kappa shape index (κ1) is 12.8. The summed E-state index contributed by atoms with van der Waals surface area (Å²) in [5.74, 6) is 1.36. The molecule has 0 aromatic carbocycles. The smallest absolute Gasteiger partial charge is 0.220 e. The van der Waals surface area contributed by atoms with Crippen LogP contribution in [0.4, 0.5) is 0 Å². The van der Waals surface area contributed by atoms with Crippen molar-refractivity contribution in [1.82, 2.24) is 5.32 Å². The number of thiol groups is 1. The molecule has 4 heteroatoms. The fourth-order valence-corrected chi connectivity index (χ4v) is 2.03. The minimum Gasteiger partial charge on any atom is -0.384 e. The Kier molecular flexibility index (Phi) is 4.93. The molecule has 1 unspecified atom stereocenters. The maximum Gasteiger partial charge on any atom is 0.220 e. The van der Waals surface area contributed by atoms with Gasteiger partial charge in [0.15, 0.2) is 0 Å². The Bertz CT molecular complexity index is 217. The molecule has 0 aliphatic heterocycles. The van der Waals surface area contributed by atoms with Gasteiger partial charge in [0.2, 0.25) is 5.91 Å². The van der Waals surface area contributed by atoms with E-state index < -0.39 is 0 Å². The van der Waals surface area contributed by atoms with Gasteiger partial charge < -0.3 is 10.1 Å². The van der Waals surface area contributed by atoms with E-state index in [1.54, 1.807) is 7.11 Å². The van der Waals surface area contributed by atoms with Crippen molar-refractivity contribution in [3.8, 4) is 0 Å². The van der Waals surface area contributed by atoms with E-state index in [1.807, 2.05) is 0 Å². The van der Waals surface area contributed by atoms with Gasteiger partial charge in [-0.3, -0.25) is 4.79 Å². The summed E-state index contributed by atoms with van der Waals surface area (Å²) in [4.78, 5) is 11.6. The van der Waals surface area contributed by atoms with Crippen molar-refractivity contribution in [1.29, 1.82) is 0 Å². The van der Waals surface area contributed by atoms with Gasteiger partial charge in [-0.05, 0) is 29.9 Å². The van der Waals surface area contributed by atoms with Gasteiger partial charge in [0.05, 0.1) is 6.61 Å². The number of ether oxygens (including phenoxy) is 1. The molecule has 0 aromatic rings. The Hall–Kier alpha value is -0.220. The van der Waals surface area contributed by atoms with E-state index in [4.69, 9.17) is 4.74 Å². The average molecular weight is 231 g/mol. The first-order valence-electron chi connectivity index (χ1n) is 5.48. The normalized spacial score (nSPS) is 19.7.